The Balaban J connectivity index is 2.15. The monoisotopic (exact) mass is 227 g/mol. The molecule has 2 heterocycles. The second-order valence-corrected chi connectivity index (χ2v) is 4.70. The van der Waals surface area contributed by atoms with E-state index < -0.39 is 0 Å². The summed E-state index contributed by atoms with van der Waals surface area (Å²) in [6.07, 6.45) is 5.13. The molecule has 0 aliphatic carbocycles. The summed E-state index contributed by atoms with van der Waals surface area (Å²) < 4.78 is 1.86. The Morgan fingerprint density at radius 3 is 3.06 bits per heavy atom. The lowest BCUT2D eigenvalue weighted by molar-refractivity contribution is 0.541. The lowest BCUT2D eigenvalue weighted by Crippen LogP contribution is -2.28. The maximum Gasteiger partial charge on any atom is 0.0568 e. The molecule has 0 saturated carbocycles. The van der Waals surface area contributed by atoms with Crippen molar-refractivity contribution in [2.24, 2.45) is 7.05 Å². The van der Waals surface area contributed by atoms with Crippen LogP contribution in [0.1, 0.15) is 24.1 Å². The van der Waals surface area contributed by atoms with Crippen molar-refractivity contribution in [3.63, 3.8) is 0 Å². The number of benzene rings is 1. The van der Waals surface area contributed by atoms with Gasteiger partial charge in [-0.1, -0.05) is 18.2 Å². The van der Waals surface area contributed by atoms with Crippen LogP contribution in [0.4, 0.5) is 0 Å². The van der Waals surface area contributed by atoms with E-state index >= 15 is 0 Å². The van der Waals surface area contributed by atoms with Crippen LogP contribution < -0.4 is 5.32 Å². The van der Waals surface area contributed by atoms with Crippen molar-refractivity contribution in [2.45, 2.75) is 19.4 Å². The average Bonchev–Trinajstić information content (AvgIpc) is 2.76. The predicted molar refractivity (Wildman–Crippen MR) is 68.8 cm³/mol. The van der Waals surface area contributed by atoms with Gasteiger partial charge >= 0.3 is 0 Å². The van der Waals surface area contributed by atoms with E-state index in [1.807, 2.05) is 17.9 Å². The quantitative estimate of drug-likeness (QED) is 0.810. The molecule has 1 atom stereocenters. The number of hydrogen-bond acceptors (Lipinski definition) is 2. The standard InChI is InChI=1S/C14H17N3/c1-10-12-4-3-5-13(14(12)6-7-15-10)11-8-16-17(2)9-11/h3-5,8-10,15H,6-7H2,1-2H3. The minimum atomic E-state index is 0.454. The molecule has 88 valence electrons. The molecule has 1 unspecified atom stereocenters. The summed E-state index contributed by atoms with van der Waals surface area (Å²) in [5, 5.41) is 7.76. The van der Waals surface area contributed by atoms with E-state index in [1.165, 1.54) is 22.3 Å². The molecule has 3 heteroatoms. The molecular formula is C14H17N3. The van der Waals surface area contributed by atoms with Crippen molar-refractivity contribution in [1.82, 2.24) is 15.1 Å². The van der Waals surface area contributed by atoms with Gasteiger partial charge in [0.1, 0.15) is 0 Å². The molecule has 1 aromatic heterocycles. The molecule has 1 aliphatic rings. The third-order valence-electron chi connectivity index (χ3n) is 3.52. The van der Waals surface area contributed by atoms with E-state index in [4.69, 9.17) is 0 Å². The van der Waals surface area contributed by atoms with Crippen LogP contribution in [0.3, 0.4) is 0 Å². The maximum atomic E-state index is 4.26. The van der Waals surface area contributed by atoms with Crippen molar-refractivity contribution < 1.29 is 0 Å². The molecule has 0 amide bonds. The third kappa shape index (κ3) is 1.76. The smallest absolute Gasteiger partial charge is 0.0568 e. The van der Waals surface area contributed by atoms with E-state index in [1.54, 1.807) is 0 Å². The molecule has 1 aliphatic heterocycles. The number of aromatic nitrogens is 2. The van der Waals surface area contributed by atoms with Crippen molar-refractivity contribution in [3.8, 4) is 11.1 Å². The summed E-state index contributed by atoms with van der Waals surface area (Å²) in [6, 6.07) is 7.03. The van der Waals surface area contributed by atoms with Gasteiger partial charge < -0.3 is 5.32 Å². The lowest BCUT2D eigenvalue weighted by Gasteiger charge is -2.25. The van der Waals surface area contributed by atoms with Crippen LogP contribution in [0.15, 0.2) is 30.6 Å². The van der Waals surface area contributed by atoms with E-state index in [-0.39, 0.29) is 0 Å². The fourth-order valence-corrected chi connectivity index (χ4v) is 2.64. The zero-order valence-electron chi connectivity index (χ0n) is 10.3. The van der Waals surface area contributed by atoms with E-state index in [0.29, 0.717) is 6.04 Å². The third-order valence-corrected chi connectivity index (χ3v) is 3.52. The van der Waals surface area contributed by atoms with E-state index in [0.717, 1.165) is 13.0 Å². The summed E-state index contributed by atoms with van der Waals surface area (Å²) in [7, 11) is 1.96. The Morgan fingerprint density at radius 2 is 2.29 bits per heavy atom. The topological polar surface area (TPSA) is 29.9 Å². The molecular weight excluding hydrogens is 210 g/mol. The summed E-state index contributed by atoms with van der Waals surface area (Å²) in [4.78, 5) is 0. The van der Waals surface area contributed by atoms with Crippen LogP contribution in [0.5, 0.6) is 0 Å². The Bertz CT molecular complexity index is 542. The van der Waals surface area contributed by atoms with Crippen molar-refractivity contribution in [3.05, 3.63) is 41.7 Å². The highest BCUT2D eigenvalue weighted by molar-refractivity contribution is 5.68. The molecule has 1 N–H and O–H groups in total. The molecule has 17 heavy (non-hydrogen) atoms. The number of rotatable bonds is 1. The molecule has 3 rings (SSSR count). The van der Waals surface area contributed by atoms with Gasteiger partial charge in [-0.3, -0.25) is 4.68 Å². The van der Waals surface area contributed by atoms with Crippen molar-refractivity contribution in [1.29, 1.82) is 0 Å². The summed E-state index contributed by atoms with van der Waals surface area (Å²) >= 11 is 0. The van der Waals surface area contributed by atoms with Crippen molar-refractivity contribution >= 4 is 0 Å². The SMILES string of the molecule is CC1NCCc2c(-c3cnn(C)c3)cccc21. The van der Waals surface area contributed by atoms with Crippen LogP contribution in [-0.4, -0.2) is 16.3 Å². The highest BCUT2D eigenvalue weighted by atomic mass is 15.2. The van der Waals surface area contributed by atoms with Crippen LogP contribution >= 0.6 is 0 Å². The number of fused-ring (bicyclic) bond motifs is 1. The zero-order valence-corrected chi connectivity index (χ0v) is 10.3. The molecule has 2 aromatic rings. The first-order valence-electron chi connectivity index (χ1n) is 6.10. The molecule has 0 bridgehead atoms. The van der Waals surface area contributed by atoms with Gasteiger partial charge in [0.05, 0.1) is 6.20 Å². The highest BCUT2D eigenvalue weighted by Crippen LogP contribution is 2.31. The van der Waals surface area contributed by atoms with Crippen LogP contribution in [0.2, 0.25) is 0 Å². The molecule has 1 aromatic carbocycles. The van der Waals surface area contributed by atoms with Gasteiger partial charge in [-0.15, -0.1) is 0 Å². The number of nitrogens with one attached hydrogen (secondary N) is 1. The fourth-order valence-electron chi connectivity index (χ4n) is 2.64. The van der Waals surface area contributed by atoms with Crippen LogP contribution in [0.25, 0.3) is 11.1 Å². The van der Waals surface area contributed by atoms with Gasteiger partial charge in [-0.05, 0) is 36.6 Å². The molecule has 0 radical (unpaired) electrons. The van der Waals surface area contributed by atoms with Crippen molar-refractivity contribution in [2.75, 3.05) is 6.54 Å². The first-order valence-corrected chi connectivity index (χ1v) is 6.10. The minimum absolute atomic E-state index is 0.454. The Morgan fingerprint density at radius 1 is 1.41 bits per heavy atom. The summed E-state index contributed by atoms with van der Waals surface area (Å²) in [6.45, 7) is 3.29. The maximum absolute atomic E-state index is 4.26. The zero-order chi connectivity index (χ0) is 11.8. The first kappa shape index (κ1) is 10.5. The summed E-state index contributed by atoms with van der Waals surface area (Å²) in [5.74, 6) is 0. The van der Waals surface area contributed by atoms with Gasteiger partial charge in [0.25, 0.3) is 0 Å². The van der Waals surface area contributed by atoms with Gasteiger partial charge in [0.15, 0.2) is 0 Å². The average molecular weight is 227 g/mol. The van der Waals surface area contributed by atoms with E-state index in [2.05, 4.69) is 41.7 Å². The normalized spacial score (nSPS) is 19.1. The second-order valence-electron chi connectivity index (χ2n) is 4.70. The Kier molecular flexibility index (Phi) is 2.48. The first-order chi connectivity index (χ1) is 8.25. The molecule has 0 spiro atoms. The largest absolute Gasteiger partial charge is 0.310 e. The van der Waals surface area contributed by atoms with E-state index in [9.17, 15) is 0 Å². The second kappa shape index (κ2) is 4.00. The highest BCUT2D eigenvalue weighted by Gasteiger charge is 2.18. The molecule has 0 saturated heterocycles. The number of nitrogens with zero attached hydrogens (tertiary/aromatic N) is 2. The number of aryl methyl sites for hydroxylation is 1. The summed E-state index contributed by atoms with van der Waals surface area (Å²) in [5.41, 5.74) is 5.46. The lowest BCUT2D eigenvalue weighted by atomic mass is 9.89. The molecule has 0 fully saturated rings. The van der Waals surface area contributed by atoms with Gasteiger partial charge in [0, 0.05) is 24.8 Å². The van der Waals surface area contributed by atoms with Gasteiger partial charge in [-0.2, -0.15) is 5.10 Å². The van der Waals surface area contributed by atoms with Crippen LogP contribution in [0, 0.1) is 0 Å². The Hall–Kier alpha value is -1.61. The molecule has 3 nitrogen and oxygen atoms in total. The van der Waals surface area contributed by atoms with Gasteiger partial charge in [-0.25, -0.2) is 0 Å². The number of hydrogen-bond donors (Lipinski definition) is 1. The fraction of sp³-hybridized carbons (Fsp3) is 0.357. The van der Waals surface area contributed by atoms with Crippen LogP contribution in [-0.2, 0) is 13.5 Å². The Labute approximate surface area is 101 Å². The van der Waals surface area contributed by atoms with Gasteiger partial charge in [0.2, 0.25) is 0 Å². The minimum Gasteiger partial charge on any atom is -0.310 e. The predicted octanol–water partition coefficient (Wildman–Crippen LogP) is 2.29.